The lowest BCUT2D eigenvalue weighted by atomic mass is 10.1. The maximum absolute atomic E-state index is 12.1. The molecule has 0 unspecified atom stereocenters. The fourth-order valence-electron chi connectivity index (χ4n) is 2.26. The molecule has 21 heavy (non-hydrogen) atoms. The molecule has 0 heterocycles. The van der Waals surface area contributed by atoms with E-state index in [9.17, 15) is 4.57 Å². The van der Waals surface area contributed by atoms with Crippen molar-refractivity contribution >= 4 is 17.1 Å². The van der Waals surface area contributed by atoms with Gasteiger partial charge in [0, 0.05) is 0 Å². The van der Waals surface area contributed by atoms with Crippen LogP contribution in [0.25, 0.3) is 0 Å². The Morgan fingerprint density at radius 1 is 0.667 bits per heavy atom. The van der Waals surface area contributed by atoms with Gasteiger partial charge in [-0.15, -0.1) is 0 Å². The van der Waals surface area contributed by atoms with Crippen molar-refractivity contribution in [2.45, 2.75) is 90.9 Å². The molecule has 128 valence electrons. The Hall–Kier alpha value is 0.367. The molecule has 0 amide bonds. The molecule has 5 heteroatoms. The lowest BCUT2D eigenvalue weighted by molar-refractivity contribution is 0.211. The van der Waals surface area contributed by atoms with Crippen LogP contribution in [0.3, 0.4) is 0 Å². The molecule has 0 radical (unpaired) electrons. The quantitative estimate of drug-likeness (QED) is 0.220. The molecule has 0 aromatic heterocycles. The van der Waals surface area contributed by atoms with Gasteiger partial charge < -0.3 is 9.05 Å². The van der Waals surface area contributed by atoms with Gasteiger partial charge >= 0.3 is 0 Å². The van der Waals surface area contributed by atoms with Gasteiger partial charge in [-0.2, -0.15) is 0 Å². The van der Waals surface area contributed by atoms with Crippen molar-refractivity contribution in [1.82, 2.24) is 0 Å². The summed E-state index contributed by atoms with van der Waals surface area (Å²) in [6, 6.07) is 0. The van der Waals surface area contributed by atoms with Crippen LogP contribution in [-0.4, -0.2) is 23.1 Å². The highest BCUT2D eigenvalue weighted by molar-refractivity contribution is 7.79. The predicted octanol–water partition coefficient (Wildman–Crippen LogP) is 5.21. The Balaban J connectivity index is 3.37. The van der Waals surface area contributed by atoms with Crippen molar-refractivity contribution in [2.24, 2.45) is 0 Å². The molecule has 0 bridgehead atoms. The first kappa shape index (κ1) is 21.4. The van der Waals surface area contributed by atoms with Crippen molar-refractivity contribution < 1.29 is 13.6 Å². The van der Waals surface area contributed by atoms with Crippen LogP contribution in [0.2, 0.25) is 0 Å². The second kappa shape index (κ2) is 15.3. The number of rotatable bonds is 16. The van der Waals surface area contributed by atoms with Crippen LogP contribution in [0.15, 0.2) is 0 Å². The second-order valence-corrected chi connectivity index (χ2v) is 11.3. The van der Waals surface area contributed by atoms with E-state index in [1.165, 1.54) is 64.2 Å². The lowest BCUT2D eigenvalue weighted by Gasteiger charge is -2.14. The zero-order valence-corrected chi connectivity index (χ0v) is 17.5. The predicted molar refractivity (Wildman–Crippen MR) is 96.2 cm³/mol. The molecular formula is C16H37O3PSi. The van der Waals surface area contributed by atoms with Crippen LogP contribution < -0.4 is 0 Å². The largest absolute Gasteiger partial charge is 0.314 e. The summed E-state index contributed by atoms with van der Waals surface area (Å²) in [6.45, 7) is 5.65. The van der Waals surface area contributed by atoms with E-state index in [0.29, 0.717) is 23.1 Å². The Kier molecular flexibility index (Phi) is 15.5. The molecule has 3 nitrogen and oxygen atoms in total. The SMILES string of the molecule is CCCCCCCCOP(=O)([SiH3])OCCCCCCCC. The molecule has 0 aliphatic heterocycles. The minimum absolute atomic E-state index is 0.500. The van der Waals surface area contributed by atoms with Crippen molar-refractivity contribution in [3.63, 3.8) is 0 Å². The summed E-state index contributed by atoms with van der Waals surface area (Å²) in [5.74, 6) is 0. The number of hydrogen-bond acceptors (Lipinski definition) is 3. The van der Waals surface area contributed by atoms with Gasteiger partial charge in [0.1, 0.15) is 9.91 Å². The first-order chi connectivity index (χ1) is 10.1. The van der Waals surface area contributed by atoms with Crippen LogP contribution in [0.4, 0.5) is 0 Å². The third-order valence-corrected chi connectivity index (χ3v) is 6.50. The monoisotopic (exact) mass is 336 g/mol. The molecule has 0 aliphatic rings. The van der Waals surface area contributed by atoms with E-state index in [-0.39, 0.29) is 0 Å². The van der Waals surface area contributed by atoms with Crippen LogP contribution in [-0.2, 0) is 13.6 Å². The third-order valence-electron chi connectivity index (χ3n) is 3.65. The first-order valence-corrected chi connectivity index (χ1v) is 13.7. The average molecular weight is 337 g/mol. The van der Waals surface area contributed by atoms with E-state index in [1.54, 1.807) is 0 Å². The number of hydrogen-bond donors (Lipinski definition) is 0. The fraction of sp³-hybridized carbons (Fsp3) is 1.00. The molecule has 0 saturated heterocycles. The van der Waals surface area contributed by atoms with Gasteiger partial charge in [-0.05, 0) is 12.8 Å². The van der Waals surface area contributed by atoms with Gasteiger partial charge in [-0.25, -0.2) is 0 Å². The second-order valence-electron chi connectivity index (χ2n) is 5.97. The van der Waals surface area contributed by atoms with Crippen molar-refractivity contribution in [1.29, 1.82) is 0 Å². The van der Waals surface area contributed by atoms with Gasteiger partial charge in [0.2, 0.25) is 0 Å². The molecule has 0 saturated carbocycles. The van der Waals surface area contributed by atoms with Crippen molar-refractivity contribution in [3.8, 4) is 0 Å². The normalized spacial score (nSPS) is 12.1. The molecule has 0 atom stereocenters. The first-order valence-electron chi connectivity index (χ1n) is 8.99. The molecule has 0 aliphatic carbocycles. The van der Waals surface area contributed by atoms with E-state index in [1.807, 2.05) is 0 Å². The zero-order chi connectivity index (χ0) is 15.8. The van der Waals surface area contributed by atoms with Gasteiger partial charge in [-0.3, -0.25) is 4.57 Å². The van der Waals surface area contributed by atoms with Crippen molar-refractivity contribution in [2.75, 3.05) is 13.2 Å². The summed E-state index contributed by atoms with van der Waals surface area (Å²) >= 11 is 0. The maximum Gasteiger partial charge on any atom is 0.286 e. The summed E-state index contributed by atoms with van der Waals surface area (Å²) in [4.78, 5) is 0. The van der Waals surface area contributed by atoms with E-state index in [2.05, 4.69) is 13.8 Å². The molecule has 0 rings (SSSR count). The Labute approximate surface area is 135 Å². The van der Waals surface area contributed by atoms with E-state index in [4.69, 9.17) is 9.05 Å². The van der Waals surface area contributed by atoms with E-state index >= 15 is 0 Å². The topological polar surface area (TPSA) is 35.5 Å². The van der Waals surface area contributed by atoms with Gasteiger partial charge in [-0.1, -0.05) is 78.1 Å². The zero-order valence-electron chi connectivity index (χ0n) is 14.6. The van der Waals surface area contributed by atoms with E-state index in [0.717, 1.165) is 12.8 Å². The van der Waals surface area contributed by atoms with Crippen LogP contribution in [0, 0.1) is 0 Å². The molecule has 0 spiro atoms. The molecule has 0 fully saturated rings. The van der Waals surface area contributed by atoms with Gasteiger partial charge in [0.05, 0.1) is 13.2 Å². The molecule has 0 aromatic rings. The summed E-state index contributed by atoms with van der Waals surface area (Å²) in [5.41, 5.74) is 0. The number of unbranched alkanes of at least 4 members (excludes halogenated alkanes) is 10. The Morgan fingerprint density at radius 2 is 1.00 bits per heavy atom. The standard InChI is InChI=1S/C16H37O3PSi/c1-3-5-7-9-11-13-15-18-20(17,21)19-16-14-12-10-8-6-4-2/h3-16H2,1-2,21H3. The highest BCUT2D eigenvalue weighted by atomic mass is 31.4. The lowest BCUT2D eigenvalue weighted by Crippen LogP contribution is -1.99. The van der Waals surface area contributed by atoms with Gasteiger partial charge in [0.25, 0.3) is 7.14 Å². The Bertz CT molecular complexity index is 240. The minimum atomic E-state index is -2.68. The van der Waals surface area contributed by atoms with Crippen LogP contribution in [0.5, 0.6) is 0 Å². The summed E-state index contributed by atoms with van der Waals surface area (Å²) in [5, 5.41) is 0. The fourth-order valence-corrected chi connectivity index (χ4v) is 4.35. The molecule has 0 aromatic carbocycles. The smallest absolute Gasteiger partial charge is 0.286 e. The van der Waals surface area contributed by atoms with Gasteiger partial charge in [0.15, 0.2) is 0 Å². The summed E-state index contributed by atoms with van der Waals surface area (Å²) in [7, 11) is -2.18. The highest BCUT2D eigenvalue weighted by Crippen LogP contribution is 2.42. The summed E-state index contributed by atoms with van der Waals surface area (Å²) < 4.78 is 23.1. The van der Waals surface area contributed by atoms with Crippen LogP contribution >= 0.6 is 7.14 Å². The van der Waals surface area contributed by atoms with Crippen molar-refractivity contribution in [3.05, 3.63) is 0 Å². The minimum Gasteiger partial charge on any atom is -0.314 e. The van der Waals surface area contributed by atoms with E-state index < -0.39 is 7.14 Å². The van der Waals surface area contributed by atoms with Crippen LogP contribution in [0.1, 0.15) is 90.9 Å². The summed E-state index contributed by atoms with van der Waals surface area (Å²) in [6.07, 6.45) is 14.7. The Morgan fingerprint density at radius 3 is 1.38 bits per heavy atom. The third kappa shape index (κ3) is 16.6. The maximum atomic E-state index is 12.1. The molecule has 0 N–H and O–H groups in total. The average Bonchev–Trinajstić information content (AvgIpc) is 2.45. The molecular weight excluding hydrogens is 299 g/mol. The highest BCUT2D eigenvalue weighted by Gasteiger charge is 2.15.